The second kappa shape index (κ2) is 7.16. The second-order valence-electron chi connectivity index (χ2n) is 4.25. The normalized spacial score (nSPS) is 19.7. The lowest BCUT2D eigenvalue weighted by Gasteiger charge is -2.22. The molecule has 1 aromatic heterocycles. The highest BCUT2D eigenvalue weighted by Crippen LogP contribution is 2.26. The number of nitrogens with one attached hydrogen (secondary N) is 1. The molecule has 0 radical (unpaired) electrons. The lowest BCUT2D eigenvalue weighted by molar-refractivity contribution is 0.0169. The molecule has 18 heavy (non-hydrogen) atoms. The van der Waals surface area contributed by atoms with Crippen molar-refractivity contribution in [2.75, 3.05) is 18.9 Å². The molecule has 0 aromatic carbocycles. The van der Waals surface area contributed by atoms with E-state index in [-0.39, 0.29) is 12.0 Å². The standard InChI is InChI=1S/C13H19NO2S2/c1-2-17-12-7-6-11(18-12)13(15)14-9-10-5-3-4-8-16-10/h6-7,10H,2-5,8-9H2,1H3,(H,14,15). The first-order chi connectivity index (χ1) is 8.79. The summed E-state index contributed by atoms with van der Waals surface area (Å²) >= 11 is 3.34. The van der Waals surface area contributed by atoms with Crippen molar-refractivity contribution in [2.45, 2.75) is 36.5 Å². The zero-order valence-electron chi connectivity index (χ0n) is 10.6. The summed E-state index contributed by atoms with van der Waals surface area (Å²) in [6.45, 7) is 3.58. The van der Waals surface area contributed by atoms with E-state index < -0.39 is 0 Å². The van der Waals surface area contributed by atoms with E-state index in [1.807, 2.05) is 12.1 Å². The van der Waals surface area contributed by atoms with Gasteiger partial charge in [0.15, 0.2) is 0 Å². The molecule has 1 N–H and O–H groups in total. The van der Waals surface area contributed by atoms with E-state index in [0.29, 0.717) is 6.54 Å². The van der Waals surface area contributed by atoms with Crippen molar-refractivity contribution in [1.29, 1.82) is 0 Å². The van der Waals surface area contributed by atoms with Crippen LogP contribution in [0.25, 0.3) is 0 Å². The Morgan fingerprint density at radius 1 is 1.56 bits per heavy atom. The van der Waals surface area contributed by atoms with Gasteiger partial charge >= 0.3 is 0 Å². The fraction of sp³-hybridized carbons (Fsp3) is 0.615. The zero-order valence-corrected chi connectivity index (χ0v) is 12.2. The maximum Gasteiger partial charge on any atom is 0.261 e. The third-order valence-electron chi connectivity index (χ3n) is 2.86. The molecule has 100 valence electrons. The van der Waals surface area contributed by atoms with Crippen LogP contribution in [0.2, 0.25) is 0 Å². The first kappa shape index (κ1) is 13.9. The molecule has 3 nitrogen and oxygen atoms in total. The Bertz CT molecular complexity index is 386. The van der Waals surface area contributed by atoms with Crippen LogP contribution in [0.3, 0.4) is 0 Å². The number of hydrogen-bond acceptors (Lipinski definition) is 4. The van der Waals surface area contributed by atoms with Gasteiger partial charge in [-0.05, 0) is 37.1 Å². The Kier molecular flexibility index (Phi) is 5.53. The number of amides is 1. The number of thiophene rings is 1. The molecule has 1 fully saturated rings. The molecule has 1 atom stereocenters. The lowest BCUT2D eigenvalue weighted by atomic mass is 10.1. The summed E-state index contributed by atoms with van der Waals surface area (Å²) in [6.07, 6.45) is 3.61. The lowest BCUT2D eigenvalue weighted by Crippen LogP contribution is -2.35. The molecule has 0 spiro atoms. The number of carbonyl (C=O) groups excluding carboxylic acids is 1. The minimum Gasteiger partial charge on any atom is -0.376 e. The molecule has 1 saturated heterocycles. The highest BCUT2D eigenvalue weighted by Gasteiger charge is 2.16. The molecule has 1 amide bonds. The Morgan fingerprint density at radius 3 is 3.17 bits per heavy atom. The molecule has 2 heterocycles. The van der Waals surface area contributed by atoms with E-state index in [1.54, 1.807) is 23.1 Å². The number of hydrogen-bond donors (Lipinski definition) is 1. The molecule has 0 saturated carbocycles. The Hall–Kier alpha value is -0.520. The number of ether oxygens (including phenoxy) is 1. The summed E-state index contributed by atoms with van der Waals surface area (Å²) in [5.41, 5.74) is 0. The first-order valence-corrected chi connectivity index (χ1v) is 8.22. The van der Waals surface area contributed by atoms with Gasteiger partial charge in [0, 0.05) is 13.2 Å². The number of thioether (sulfide) groups is 1. The van der Waals surface area contributed by atoms with E-state index in [1.165, 1.54) is 10.6 Å². The van der Waals surface area contributed by atoms with Crippen molar-refractivity contribution in [3.8, 4) is 0 Å². The predicted octanol–water partition coefficient (Wildman–Crippen LogP) is 3.16. The highest BCUT2D eigenvalue weighted by atomic mass is 32.2. The SMILES string of the molecule is CCSc1ccc(C(=O)NCC2CCCCO2)s1. The summed E-state index contributed by atoms with van der Waals surface area (Å²) in [5.74, 6) is 1.06. The van der Waals surface area contributed by atoms with Crippen LogP contribution in [0.5, 0.6) is 0 Å². The van der Waals surface area contributed by atoms with Crippen LogP contribution < -0.4 is 5.32 Å². The van der Waals surface area contributed by atoms with Crippen molar-refractivity contribution in [2.24, 2.45) is 0 Å². The van der Waals surface area contributed by atoms with Gasteiger partial charge in [0.1, 0.15) is 0 Å². The summed E-state index contributed by atoms with van der Waals surface area (Å²) in [4.78, 5) is 12.7. The van der Waals surface area contributed by atoms with Crippen molar-refractivity contribution < 1.29 is 9.53 Å². The molecule has 1 aliphatic rings. The van der Waals surface area contributed by atoms with E-state index in [9.17, 15) is 4.79 Å². The number of rotatable bonds is 5. The molecule has 0 aliphatic carbocycles. The fourth-order valence-electron chi connectivity index (χ4n) is 1.92. The van der Waals surface area contributed by atoms with Gasteiger partial charge in [0.2, 0.25) is 0 Å². The predicted molar refractivity (Wildman–Crippen MR) is 76.6 cm³/mol. The Labute approximate surface area is 116 Å². The second-order valence-corrected chi connectivity index (χ2v) is 6.90. The quantitative estimate of drug-likeness (QED) is 0.845. The van der Waals surface area contributed by atoms with Crippen LogP contribution in [0.15, 0.2) is 16.3 Å². The van der Waals surface area contributed by atoms with Crippen molar-refractivity contribution in [3.05, 3.63) is 17.0 Å². The summed E-state index contributed by atoms with van der Waals surface area (Å²) in [5, 5.41) is 2.96. The molecular formula is C13H19NO2S2. The van der Waals surface area contributed by atoms with Crippen molar-refractivity contribution in [1.82, 2.24) is 5.32 Å². The first-order valence-electron chi connectivity index (χ1n) is 6.42. The summed E-state index contributed by atoms with van der Waals surface area (Å²) in [6, 6.07) is 3.92. The van der Waals surface area contributed by atoms with Crippen LogP contribution in [-0.2, 0) is 4.74 Å². The van der Waals surface area contributed by atoms with Gasteiger partial charge in [0.05, 0.1) is 15.2 Å². The largest absolute Gasteiger partial charge is 0.376 e. The van der Waals surface area contributed by atoms with E-state index in [0.717, 1.165) is 30.1 Å². The Morgan fingerprint density at radius 2 is 2.44 bits per heavy atom. The van der Waals surface area contributed by atoms with Gasteiger partial charge in [-0.2, -0.15) is 0 Å². The van der Waals surface area contributed by atoms with Crippen molar-refractivity contribution in [3.63, 3.8) is 0 Å². The molecule has 2 rings (SSSR count). The zero-order chi connectivity index (χ0) is 12.8. The maximum absolute atomic E-state index is 11.9. The Balaban J connectivity index is 1.79. The maximum atomic E-state index is 11.9. The minimum atomic E-state index is 0.0251. The molecule has 1 aromatic rings. The van der Waals surface area contributed by atoms with Crippen LogP contribution in [0, 0.1) is 0 Å². The average Bonchev–Trinajstić information content (AvgIpc) is 2.86. The van der Waals surface area contributed by atoms with Gasteiger partial charge in [-0.1, -0.05) is 6.92 Å². The highest BCUT2D eigenvalue weighted by molar-refractivity contribution is 8.01. The molecule has 5 heteroatoms. The summed E-state index contributed by atoms with van der Waals surface area (Å²) in [7, 11) is 0. The van der Waals surface area contributed by atoms with Crippen LogP contribution >= 0.6 is 23.1 Å². The van der Waals surface area contributed by atoms with Gasteiger partial charge in [0.25, 0.3) is 5.91 Å². The summed E-state index contributed by atoms with van der Waals surface area (Å²) < 4.78 is 6.80. The average molecular weight is 285 g/mol. The molecular weight excluding hydrogens is 266 g/mol. The van der Waals surface area contributed by atoms with Gasteiger partial charge in [-0.25, -0.2) is 0 Å². The van der Waals surface area contributed by atoms with Gasteiger partial charge in [-0.3, -0.25) is 4.79 Å². The topological polar surface area (TPSA) is 38.3 Å². The number of carbonyl (C=O) groups is 1. The van der Waals surface area contributed by atoms with Crippen molar-refractivity contribution >= 4 is 29.0 Å². The fourth-order valence-corrected chi connectivity index (χ4v) is 3.89. The smallest absolute Gasteiger partial charge is 0.261 e. The van der Waals surface area contributed by atoms with Crippen LogP contribution in [0.4, 0.5) is 0 Å². The van der Waals surface area contributed by atoms with E-state index in [2.05, 4.69) is 12.2 Å². The van der Waals surface area contributed by atoms with Crippen LogP contribution in [0.1, 0.15) is 35.9 Å². The van der Waals surface area contributed by atoms with E-state index >= 15 is 0 Å². The third-order valence-corrected chi connectivity index (χ3v) is 5.05. The van der Waals surface area contributed by atoms with E-state index in [4.69, 9.17) is 4.74 Å². The van der Waals surface area contributed by atoms with Crippen LogP contribution in [-0.4, -0.2) is 30.9 Å². The van der Waals surface area contributed by atoms with Gasteiger partial charge < -0.3 is 10.1 Å². The molecule has 1 unspecified atom stereocenters. The monoisotopic (exact) mass is 285 g/mol. The molecule has 0 bridgehead atoms. The third kappa shape index (κ3) is 4.00. The molecule has 1 aliphatic heterocycles. The van der Waals surface area contributed by atoms with Gasteiger partial charge in [-0.15, -0.1) is 23.1 Å². The minimum absolute atomic E-state index is 0.0251.